The molecular weight excluding hydrogens is 560 g/mol. The first-order valence-electron chi connectivity index (χ1n) is 13.4. The van der Waals surface area contributed by atoms with Crippen LogP contribution in [-0.2, 0) is 15.0 Å². The highest BCUT2D eigenvalue weighted by atomic mass is 79.9. The average molecular weight is 583 g/mol. The van der Waals surface area contributed by atoms with Crippen molar-refractivity contribution in [2.45, 2.75) is 11.3 Å². The van der Waals surface area contributed by atoms with E-state index in [0.717, 1.165) is 43.2 Å². The van der Waals surface area contributed by atoms with E-state index in [9.17, 15) is 9.59 Å². The van der Waals surface area contributed by atoms with Crippen molar-refractivity contribution in [1.29, 1.82) is 0 Å². The number of halogens is 1. The highest BCUT2D eigenvalue weighted by Crippen LogP contribution is 2.64. The molecule has 0 unspecified atom stereocenters. The molecule has 0 saturated carbocycles. The molecule has 0 N–H and O–H groups in total. The van der Waals surface area contributed by atoms with Crippen LogP contribution in [0.2, 0.25) is 0 Å². The number of benzene rings is 5. The number of fused-ring (bicyclic) bond motifs is 1. The zero-order chi connectivity index (χ0) is 27.0. The Balaban J connectivity index is 1.40. The fourth-order valence-corrected chi connectivity index (χ4v) is 7.66. The first-order valence-corrected chi connectivity index (χ1v) is 14.2. The lowest BCUT2D eigenvalue weighted by Crippen LogP contribution is -2.54. The van der Waals surface area contributed by atoms with E-state index in [0.29, 0.717) is 5.69 Å². The molecule has 5 heteroatoms. The summed E-state index contributed by atoms with van der Waals surface area (Å²) in [6.07, 6.45) is 1.94. The third kappa shape index (κ3) is 3.04. The minimum absolute atomic E-state index is 0.137. The summed E-state index contributed by atoms with van der Waals surface area (Å²) in [6, 6.07) is 38.1. The normalized spacial score (nSPS) is 24.4. The van der Waals surface area contributed by atoms with Crippen LogP contribution in [0.15, 0.2) is 125 Å². The minimum Gasteiger partial charge on any atom is -0.274 e. The van der Waals surface area contributed by atoms with E-state index >= 15 is 0 Å². The molecule has 5 aromatic rings. The molecular formula is C35H23BrN2O2. The maximum atomic E-state index is 14.7. The highest BCUT2D eigenvalue weighted by molar-refractivity contribution is 9.10. The van der Waals surface area contributed by atoms with Crippen LogP contribution in [0.4, 0.5) is 11.4 Å². The third-order valence-corrected chi connectivity index (χ3v) is 9.46. The van der Waals surface area contributed by atoms with Gasteiger partial charge in [-0.3, -0.25) is 14.6 Å². The van der Waals surface area contributed by atoms with Gasteiger partial charge < -0.3 is 0 Å². The molecule has 1 aliphatic heterocycles. The standard InChI is InChI=1S/C35H23BrN2O2/c36-22-16-18-23(19-17-22)37-20-35-27-13-5-3-11-25(27)30(26-12-4-6-14-28(26)35)31-32(35)34(40)38(33(31)39)29-15-7-9-21-8-1-2-10-24(21)29/h1-20,30-32H/t30?,31-,32+,35?/m0/s1. The maximum absolute atomic E-state index is 14.7. The van der Waals surface area contributed by atoms with Crippen molar-refractivity contribution in [3.05, 3.63) is 142 Å². The van der Waals surface area contributed by atoms with Crippen LogP contribution in [-0.4, -0.2) is 18.0 Å². The van der Waals surface area contributed by atoms with Crippen molar-refractivity contribution in [3.8, 4) is 0 Å². The molecule has 1 fully saturated rings. The largest absolute Gasteiger partial charge is 0.274 e. The van der Waals surface area contributed by atoms with Crippen molar-refractivity contribution >= 4 is 56.1 Å². The monoisotopic (exact) mass is 582 g/mol. The number of hydrogen-bond acceptors (Lipinski definition) is 3. The Hall–Kier alpha value is -4.35. The van der Waals surface area contributed by atoms with Crippen molar-refractivity contribution in [2.75, 3.05) is 4.90 Å². The Bertz CT molecular complexity index is 1840. The number of carbonyl (C=O) groups is 2. The van der Waals surface area contributed by atoms with Crippen molar-refractivity contribution < 1.29 is 9.59 Å². The van der Waals surface area contributed by atoms with Gasteiger partial charge in [-0.2, -0.15) is 0 Å². The molecule has 0 spiro atoms. The third-order valence-electron chi connectivity index (χ3n) is 8.94. The molecule has 2 amide bonds. The summed E-state index contributed by atoms with van der Waals surface area (Å²) in [4.78, 5) is 35.7. The molecule has 3 aliphatic carbocycles. The van der Waals surface area contributed by atoms with Gasteiger partial charge in [0.2, 0.25) is 11.8 Å². The fourth-order valence-electron chi connectivity index (χ4n) is 7.39. The zero-order valence-corrected chi connectivity index (χ0v) is 23.0. The van der Waals surface area contributed by atoms with E-state index in [1.807, 2.05) is 97.2 Å². The SMILES string of the molecule is O=C1[C@H]2C3c4ccccc4C(C=Nc4ccc(Br)cc4)(c4ccccc43)[C@H]2C(=O)N1c1cccc2ccccc12. The number of carbonyl (C=O) groups excluding carboxylic acids is 2. The molecule has 0 aromatic heterocycles. The Morgan fingerprint density at radius 1 is 0.700 bits per heavy atom. The first-order chi connectivity index (χ1) is 19.6. The molecule has 2 atom stereocenters. The molecule has 4 nitrogen and oxygen atoms in total. The number of nitrogens with zero attached hydrogens (tertiary/aromatic N) is 2. The van der Waals surface area contributed by atoms with Gasteiger partial charge in [0.1, 0.15) is 0 Å². The highest BCUT2D eigenvalue weighted by Gasteiger charge is 2.68. The summed E-state index contributed by atoms with van der Waals surface area (Å²) in [6.45, 7) is 0. The van der Waals surface area contributed by atoms with Crippen LogP contribution < -0.4 is 4.90 Å². The second-order valence-electron chi connectivity index (χ2n) is 10.8. The van der Waals surface area contributed by atoms with Crippen molar-refractivity contribution in [3.63, 3.8) is 0 Å². The van der Waals surface area contributed by atoms with Gasteiger partial charge in [0.15, 0.2) is 0 Å². The van der Waals surface area contributed by atoms with Gasteiger partial charge in [-0.15, -0.1) is 0 Å². The molecule has 2 bridgehead atoms. The number of imide groups is 1. The average Bonchev–Trinajstić information content (AvgIpc) is 3.27. The molecule has 192 valence electrons. The molecule has 9 rings (SSSR count). The fraction of sp³-hybridized carbons (Fsp3) is 0.114. The van der Waals surface area contributed by atoms with Gasteiger partial charge in [0.25, 0.3) is 0 Å². The number of hydrogen-bond donors (Lipinski definition) is 0. The predicted octanol–water partition coefficient (Wildman–Crippen LogP) is 7.56. The lowest BCUT2D eigenvalue weighted by atomic mass is 9.47. The maximum Gasteiger partial charge on any atom is 0.239 e. The second kappa shape index (κ2) is 8.57. The summed E-state index contributed by atoms with van der Waals surface area (Å²) >= 11 is 3.50. The van der Waals surface area contributed by atoms with Crippen molar-refractivity contribution in [2.24, 2.45) is 16.8 Å². The second-order valence-corrected chi connectivity index (χ2v) is 11.7. The van der Waals surface area contributed by atoms with E-state index in [2.05, 4.69) is 40.2 Å². The predicted molar refractivity (Wildman–Crippen MR) is 161 cm³/mol. The summed E-state index contributed by atoms with van der Waals surface area (Å²) in [7, 11) is 0. The summed E-state index contributed by atoms with van der Waals surface area (Å²) < 4.78 is 0.973. The molecule has 4 aliphatic rings. The summed E-state index contributed by atoms with van der Waals surface area (Å²) in [5, 5.41) is 1.89. The summed E-state index contributed by atoms with van der Waals surface area (Å²) in [5.74, 6) is -1.62. The van der Waals surface area contributed by atoms with E-state index in [-0.39, 0.29) is 17.7 Å². The lowest BCUT2D eigenvalue weighted by Gasteiger charge is -2.52. The molecule has 0 radical (unpaired) electrons. The number of anilines is 1. The van der Waals surface area contributed by atoms with Crippen LogP contribution in [0.1, 0.15) is 28.2 Å². The van der Waals surface area contributed by atoms with Gasteiger partial charge in [0, 0.05) is 22.0 Å². The van der Waals surface area contributed by atoms with Gasteiger partial charge in [-0.1, -0.05) is 101 Å². The van der Waals surface area contributed by atoms with Gasteiger partial charge in [0.05, 0.1) is 28.6 Å². The van der Waals surface area contributed by atoms with E-state index in [1.165, 1.54) is 4.90 Å². The molecule has 5 aromatic carbocycles. The Morgan fingerprint density at radius 2 is 1.32 bits per heavy atom. The van der Waals surface area contributed by atoms with Crippen molar-refractivity contribution in [1.82, 2.24) is 0 Å². The summed E-state index contributed by atoms with van der Waals surface area (Å²) in [5.41, 5.74) is 4.88. The molecule has 1 heterocycles. The van der Waals surface area contributed by atoms with Gasteiger partial charge >= 0.3 is 0 Å². The first kappa shape index (κ1) is 23.5. The smallest absolute Gasteiger partial charge is 0.239 e. The van der Waals surface area contributed by atoms with Crippen LogP contribution in [0.25, 0.3) is 10.8 Å². The van der Waals surface area contributed by atoms with Gasteiger partial charge in [-0.25, -0.2) is 4.90 Å². The van der Waals surface area contributed by atoms with Crippen LogP contribution in [0.5, 0.6) is 0 Å². The zero-order valence-electron chi connectivity index (χ0n) is 21.4. The van der Waals surface area contributed by atoms with Crippen LogP contribution in [0.3, 0.4) is 0 Å². The molecule has 1 saturated heterocycles. The van der Waals surface area contributed by atoms with E-state index in [1.54, 1.807) is 0 Å². The van der Waals surface area contributed by atoms with Crippen LogP contribution >= 0.6 is 15.9 Å². The minimum atomic E-state index is -0.883. The number of rotatable bonds is 3. The Labute approximate surface area is 240 Å². The van der Waals surface area contributed by atoms with Crippen LogP contribution in [0, 0.1) is 11.8 Å². The number of amides is 2. The quantitative estimate of drug-likeness (QED) is 0.163. The lowest BCUT2D eigenvalue weighted by molar-refractivity contribution is -0.122. The molecule has 40 heavy (non-hydrogen) atoms. The topological polar surface area (TPSA) is 49.7 Å². The Kier molecular flexibility index (Phi) is 5.04. The van der Waals surface area contributed by atoms with E-state index < -0.39 is 17.3 Å². The Morgan fingerprint density at radius 3 is 2.05 bits per heavy atom. The van der Waals surface area contributed by atoms with E-state index in [4.69, 9.17) is 4.99 Å². The van der Waals surface area contributed by atoms with Gasteiger partial charge in [-0.05, 0) is 58.0 Å². The number of aliphatic imine (C=N–C) groups is 1.